The van der Waals surface area contributed by atoms with Crippen LogP contribution in [0.2, 0.25) is 5.02 Å². The van der Waals surface area contributed by atoms with E-state index in [9.17, 15) is 4.79 Å². The van der Waals surface area contributed by atoms with E-state index in [1.807, 2.05) is 12.1 Å². The molecule has 1 aliphatic heterocycles. The Balaban J connectivity index is 1.60. The monoisotopic (exact) mass is 413 g/mol. The van der Waals surface area contributed by atoms with Gasteiger partial charge in [0.2, 0.25) is 11.7 Å². The summed E-state index contributed by atoms with van der Waals surface area (Å²) in [7, 11) is 3.11. The minimum absolute atomic E-state index is 0.129. The molecule has 29 heavy (non-hydrogen) atoms. The number of carbonyl (C=O) groups excluding carboxylic acids is 1. The number of methoxy groups -OCH3 is 2. The van der Waals surface area contributed by atoms with Gasteiger partial charge in [-0.3, -0.25) is 4.79 Å². The molecule has 1 fully saturated rings. The number of nitrogens with zero attached hydrogens (tertiary/aromatic N) is 3. The fourth-order valence-corrected chi connectivity index (χ4v) is 3.58. The molecule has 0 radical (unpaired) electrons. The average molecular weight is 414 g/mol. The Bertz CT molecular complexity index is 997. The highest BCUT2D eigenvalue weighted by atomic mass is 35.5. The lowest BCUT2D eigenvalue weighted by atomic mass is 10.1. The zero-order valence-corrected chi connectivity index (χ0v) is 16.8. The van der Waals surface area contributed by atoms with Crippen molar-refractivity contribution in [3.05, 3.63) is 58.9 Å². The maximum absolute atomic E-state index is 13.2. The van der Waals surface area contributed by atoms with Gasteiger partial charge >= 0.3 is 0 Å². The first-order chi connectivity index (χ1) is 14.1. The Hall–Kier alpha value is -3.06. The standard InChI is InChI=1S/C21H20ClN3O4/c1-27-16-10-14(11-17(12-16)28-2)21(26)25-9-3-4-18(25)20-23-19(24-29-20)13-5-7-15(22)8-6-13/h5-8,10-12,18H,3-4,9H2,1-2H3/t18-/m1/s1. The molecule has 0 aliphatic carbocycles. The zero-order chi connectivity index (χ0) is 20.4. The zero-order valence-electron chi connectivity index (χ0n) is 16.1. The van der Waals surface area contributed by atoms with Crippen LogP contribution in [0.15, 0.2) is 47.0 Å². The molecule has 0 bridgehead atoms. The second kappa shape index (κ2) is 8.13. The van der Waals surface area contributed by atoms with Gasteiger partial charge in [-0.15, -0.1) is 0 Å². The molecule has 8 heteroatoms. The van der Waals surface area contributed by atoms with E-state index in [1.165, 1.54) is 0 Å². The maximum atomic E-state index is 13.2. The van der Waals surface area contributed by atoms with Crippen molar-refractivity contribution in [3.63, 3.8) is 0 Å². The normalized spacial score (nSPS) is 16.1. The third-order valence-corrected chi connectivity index (χ3v) is 5.19. The summed E-state index contributed by atoms with van der Waals surface area (Å²) in [5.74, 6) is 1.89. The number of benzene rings is 2. The van der Waals surface area contributed by atoms with Gasteiger partial charge < -0.3 is 18.9 Å². The van der Waals surface area contributed by atoms with E-state index < -0.39 is 0 Å². The van der Waals surface area contributed by atoms with Gasteiger partial charge in [0, 0.05) is 28.8 Å². The van der Waals surface area contributed by atoms with Gasteiger partial charge in [0.25, 0.3) is 5.91 Å². The summed E-state index contributed by atoms with van der Waals surface area (Å²) >= 11 is 5.94. The van der Waals surface area contributed by atoms with Crippen molar-refractivity contribution < 1.29 is 18.8 Å². The molecule has 1 aromatic heterocycles. The Labute approximate surface area is 173 Å². The van der Waals surface area contributed by atoms with Gasteiger partial charge in [0.05, 0.1) is 14.2 Å². The van der Waals surface area contributed by atoms with Crippen LogP contribution >= 0.6 is 11.6 Å². The summed E-state index contributed by atoms with van der Waals surface area (Å²) in [5.41, 5.74) is 1.29. The van der Waals surface area contributed by atoms with Crippen LogP contribution in [0.4, 0.5) is 0 Å². The summed E-state index contributed by atoms with van der Waals surface area (Å²) in [5, 5.41) is 4.71. The third-order valence-electron chi connectivity index (χ3n) is 4.94. The van der Waals surface area contributed by atoms with E-state index in [0.717, 1.165) is 18.4 Å². The van der Waals surface area contributed by atoms with Gasteiger partial charge in [0.15, 0.2) is 0 Å². The third kappa shape index (κ3) is 3.91. The molecule has 1 amide bonds. The Morgan fingerprint density at radius 2 is 1.83 bits per heavy atom. The molecule has 7 nitrogen and oxygen atoms in total. The van der Waals surface area contributed by atoms with Gasteiger partial charge in [-0.2, -0.15) is 4.98 Å². The minimum Gasteiger partial charge on any atom is -0.497 e. The Morgan fingerprint density at radius 1 is 1.14 bits per heavy atom. The van der Waals surface area contributed by atoms with Gasteiger partial charge in [-0.25, -0.2) is 0 Å². The van der Waals surface area contributed by atoms with E-state index in [4.69, 9.17) is 25.6 Å². The molecule has 0 N–H and O–H groups in total. The number of halogens is 1. The molecule has 2 heterocycles. The highest BCUT2D eigenvalue weighted by molar-refractivity contribution is 6.30. The summed E-state index contributed by atoms with van der Waals surface area (Å²) in [6, 6.07) is 12.1. The first kappa shape index (κ1) is 19.3. The predicted octanol–water partition coefficient (Wildman–Crippen LogP) is 4.38. The smallest absolute Gasteiger partial charge is 0.254 e. The lowest BCUT2D eigenvalue weighted by Gasteiger charge is -2.22. The molecule has 2 aromatic carbocycles. The maximum Gasteiger partial charge on any atom is 0.254 e. The Kier molecular flexibility index (Phi) is 5.40. The van der Waals surface area contributed by atoms with Crippen LogP contribution in [-0.2, 0) is 0 Å². The van der Waals surface area contributed by atoms with E-state index in [1.54, 1.807) is 49.5 Å². The van der Waals surface area contributed by atoms with Crippen molar-refractivity contribution in [2.45, 2.75) is 18.9 Å². The first-order valence-corrected chi connectivity index (χ1v) is 9.60. The molecule has 1 saturated heterocycles. The van der Waals surface area contributed by atoms with Crippen molar-refractivity contribution in [2.24, 2.45) is 0 Å². The average Bonchev–Trinajstić information content (AvgIpc) is 3.42. The van der Waals surface area contributed by atoms with Crippen LogP contribution in [0, 0.1) is 0 Å². The van der Waals surface area contributed by atoms with Crippen LogP contribution in [0.5, 0.6) is 11.5 Å². The van der Waals surface area contributed by atoms with Crippen LogP contribution in [-0.4, -0.2) is 41.7 Å². The van der Waals surface area contributed by atoms with Crippen molar-refractivity contribution >= 4 is 17.5 Å². The molecule has 0 spiro atoms. The summed E-state index contributed by atoms with van der Waals surface area (Å²) in [6.45, 7) is 0.613. The quantitative estimate of drug-likeness (QED) is 0.617. The molecule has 150 valence electrons. The summed E-state index contributed by atoms with van der Waals surface area (Å²) < 4.78 is 16.1. The fourth-order valence-electron chi connectivity index (χ4n) is 3.45. The van der Waals surface area contributed by atoms with E-state index in [2.05, 4.69) is 10.1 Å². The molecular formula is C21H20ClN3O4. The topological polar surface area (TPSA) is 77.7 Å². The number of aromatic nitrogens is 2. The number of carbonyl (C=O) groups is 1. The van der Waals surface area contributed by atoms with Crippen molar-refractivity contribution in [2.75, 3.05) is 20.8 Å². The van der Waals surface area contributed by atoms with Gasteiger partial charge in [-0.05, 0) is 49.2 Å². The molecule has 1 aliphatic rings. The van der Waals surface area contributed by atoms with Crippen LogP contribution in [0.25, 0.3) is 11.4 Å². The molecule has 1 atom stereocenters. The number of ether oxygens (including phenoxy) is 2. The molecule has 0 saturated carbocycles. The fraction of sp³-hybridized carbons (Fsp3) is 0.286. The number of likely N-dealkylation sites (tertiary alicyclic amines) is 1. The molecule has 3 aromatic rings. The SMILES string of the molecule is COc1cc(OC)cc(C(=O)N2CCC[C@@H]2c2nc(-c3ccc(Cl)cc3)no2)c1. The number of hydrogen-bond acceptors (Lipinski definition) is 6. The largest absolute Gasteiger partial charge is 0.497 e. The second-order valence-electron chi connectivity index (χ2n) is 6.72. The Morgan fingerprint density at radius 3 is 2.48 bits per heavy atom. The van der Waals surface area contributed by atoms with Crippen molar-refractivity contribution in [1.82, 2.24) is 15.0 Å². The van der Waals surface area contributed by atoms with Crippen molar-refractivity contribution in [1.29, 1.82) is 0 Å². The molecule has 0 unspecified atom stereocenters. The van der Waals surface area contributed by atoms with Crippen molar-refractivity contribution in [3.8, 4) is 22.9 Å². The summed E-state index contributed by atoms with van der Waals surface area (Å²) in [6.07, 6.45) is 1.62. The lowest BCUT2D eigenvalue weighted by molar-refractivity contribution is 0.0709. The van der Waals surface area contributed by atoms with E-state index in [0.29, 0.717) is 40.3 Å². The van der Waals surface area contributed by atoms with E-state index in [-0.39, 0.29) is 11.9 Å². The van der Waals surface area contributed by atoms with Gasteiger partial charge in [0.1, 0.15) is 17.5 Å². The second-order valence-corrected chi connectivity index (χ2v) is 7.16. The van der Waals surface area contributed by atoms with Gasteiger partial charge in [-0.1, -0.05) is 16.8 Å². The first-order valence-electron chi connectivity index (χ1n) is 9.22. The van der Waals surface area contributed by atoms with Crippen LogP contribution < -0.4 is 9.47 Å². The minimum atomic E-state index is -0.270. The predicted molar refractivity (Wildman–Crippen MR) is 107 cm³/mol. The number of amides is 1. The van der Waals surface area contributed by atoms with Crippen LogP contribution in [0.3, 0.4) is 0 Å². The number of hydrogen-bond donors (Lipinski definition) is 0. The van der Waals surface area contributed by atoms with E-state index >= 15 is 0 Å². The summed E-state index contributed by atoms with van der Waals surface area (Å²) in [4.78, 5) is 19.5. The molecule has 4 rings (SSSR count). The lowest BCUT2D eigenvalue weighted by Crippen LogP contribution is -2.30. The van der Waals surface area contributed by atoms with Crippen LogP contribution in [0.1, 0.15) is 35.1 Å². The highest BCUT2D eigenvalue weighted by Gasteiger charge is 2.35. The molecular weight excluding hydrogens is 394 g/mol. The highest BCUT2D eigenvalue weighted by Crippen LogP contribution is 2.34. The number of rotatable bonds is 5.